The van der Waals surface area contributed by atoms with Gasteiger partial charge >= 0.3 is 0 Å². The molecule has 110 valence electrons. The molecular formula is C17H19FN2O. The van der Waals surface area contributed by atoms with Crippen LogP contribution in [0.15, 0.2) is 47.4 Å². The van der Waals surface area contributed by atoms with Crippen molar-refractivity contribution in [1.29, 1.82) is 0 Å². The molecule has 0 bridgehead atoms. The predicted octanol–water partition coefficient (Wildman–Crippen LogP) is 2.90. The van der Waals surface area contributed by atoms with Gasteiger partial charge in [-0.3, -0.25) is 4.79 Å². The smallest absolute Gasteiger partial charge is 0.251 e. The van der Waals surface area contributed by atoms with Gasteiger partial charge in [-0.1, -0.05) is 31.2 Å². The molecule has 0 saturated heterocycles. The Morgan fingerprint density at radius 3 is 2.48 bits per heavy atom. The third kappa shape index (κ3) is 4.39. The van der Waals surface area contributed by atoms with E-state index in [9.17, 15) is 9.18 Å². The minimum Gasteiger partial charge on any atom is -0.326 e. The molecule has 1 aromatic heterocycles. The Balaban J connectivity index is 2.13. The third-order valence-electron chi connectivity index (χ3n) is 3.31. The molecule has 0 spiro atoms. The van der Waals surface area contributed by atoms with Crippen molar-refractivity contribution in [3.05, 3.63) is 69.9 Å². The number of pyridine rings is 1. The van der Waals surface area contributed by atoms with E-state index in [1.54, 1.807) is 29.0 Å². The van der Waals surface area contributed by atoms with Gasteiger partial charge in [0.25, 0.3) is 5.56 Å². The maximum Gasteiger partial charge on any atom is 0.251 e. The fraction of sp³-hybridized carbons (Fsp3) is 0.235. The van der Waals surface area contributed by atoms with Crippen LogP contribution >= 0.6 is 0 Å². The molecule has 4 heteroatoms. The molecular weight excluding hydrogens is 267 g/mol. The molecule has 0 aliphatic heterocycles. The lowest BCUT2D eigenvalue weighted by Gasteiger charge is -2.11. The number of hydrogen-bond donors (Lipinski definition) is 1. The van der Waals surface area contributed by atoms with Crippen LogP contribution in [0.2, 0.25) is 0 Å². The number of halogens is 1. The van der Waals surface area contributed by atoms with Crippen LogP contribution in [0.3, 0.4) is 0 Å². The van der Waals surface area contributed by atoms with E-state index in [0.29, 0.717) is 6.54 Å². The first-order valence-corrected chi connectivity index (χ1v) is 6.98. The highest BCUT2D eigenvalue weighted by Crippen LogP contribution is 2.08. The molecule has 0 fully saturated rings. The Labute approximate surface area is 123 Å². The van der Waals surface area contributed by atoms with Crippen LogP contribution in [-0.2, 0) is 6.54 Å². The van der Waals surface area contributed by atoms with Crippen molar-refractivity contribution in [3.8, 4) is 0 Å². The van der Waals surface area contributed by atoms with Gasteiger partial charge in [0.2, 0.25) is 0 Å². The summed E-state index contributed by atoms with van der Waals surface area (Å²) >= 11 is 0. The van der Waals surface area contributed by atoms with Gasteiger partial charge in [-0.15, -0.1) is 0 Å². The first-order valence-electron chi connectivity index (χ1n) is 6.98. The van der Waals surface area contributed by atoms with Gasteiger partial charge < -0.3 is 10.3 Å². The standard InChI is InChI=1S/C17H19FN2O/c1-2-16(19)12-20-10-9-14(11-17(20)21)4-3-13-5-7-15(18)8-6-13/h3-11,16H,2,12,19H2,1H3/b4-3+. The minimum absolute atomic E-state index is 0.0108. The van der Waals surface area contributed by atoms with Crippen LogP contribution < -0.4 is 11.3 Å². The highest BCUT2D eigenvalue weighted by molar-refractivity contribution is 5.69. The number of nitrogens with zero attached hydrogens (tertiary/aromatic N) is 1. The zero-order valence-electron chi connectivity index (χ0n) is 12.0. The molecule has 2 rings (SSSR count). The van der Waals surface area contributed by atoms with E-state index in [1.165, 1.54) is 12.1 Å². The molecule has 1 unspecified atom stereocenters. The monoisotopic (exact) mass is 286 g/mol. The third-order valence-corrected chi connectivity index (χ3v) is 3.31. The first-order chi connectivity index (χ1) is 10.1. The Morgan fingerprint density at radius 1 is 1.19 bits per heavy atom. The number of aromatic nitrogens is 1. The summed E-state index contributed by atoms with van der Waals surface area (Å²) < 4.78 is 14.4. The van der Waals surface area contributed by atoms with Crippen molar-refractivity contribution >= 4 is 12.2 Å². The maximum atomic E-state index is 12.8. The summed E-state index contributed by atoms with van der Waals surface area (Å²) in [6.07, 6.45) is 6.26. The zero-order valence-corrected chi connectivity index (χ0v) is 12.0. The van der Waals surface area contributed by atoms with Crippen LogP contribution in [0, 0.1) is 5.82 Å². The van der Waals surface area contributed by atoms with E-state index in [0.717, 1.165) is 17.5 Å². The number of hydrogen-bond acceptors (Lipinski definition) is 2. The topological polar surface area (TPSA) is 48.0 Å². The Hall–Kier alpha value is -2.20. The highest BCUT2D eigenvalue weighted by Gasteiger charge is 2.02. The van der Waals surface area contributed by atoms with E-state index < -0.39 is 0 Å². The van der Waals surface area contributed by atoms with Gasteiger partial charge in [0.05, 0.1) is 0 Å². The van der Waals surface area contributed by atoms with Crippen LogP contribution in [0.25, 0.3) is 12.2 Å². The van der Waals surface area contributed by atoms with E-state index in [4.69, 9.17) is 5.73 Å². The van der Waals surface area contributed by atoms with Crippen molar-refractivity contribution in [2.75, 3.05) is 0 Å². The van der Waals surface area contributed by atoms with Crippen LogP contribution in [0.4, 0.5) is 4.39 Å². The van der Waals surface area contributed by atoms with Crippen molar-refractivity contribution in [3.63, 3.8) is 0 Å². The molecule has 2 N–H and O–H groups in total. The first kappa shape index (κ1) is 15.2. The average molecular weight is 286 g/mol. The number of rotatable bonds is 5. The Kier molecular flexibility index (Phi) is 5.06. The lowest BCUT2D eigenvalue weighted by Crippen LogP contribution is -2.30. The summed E-state index contributed by atoms with van der Waals surface area (Å²) in [4.78, 5) is 12.0. The summed E-state index contributed by atoms with van der Waals surface area (Å²) in [5, 5.41) is 0. The molecule has 21 heavy (non-hydrogen) atoms. The average Bonchev–Trinajstić information content (AvgIpc) is 2.49. The molecule has 1 aromatic carbocycles. The van der Waals surface area contributed by atoms with E-state index in [1.807, 2.05) is 25.1 Å². The Bertz CT molecular complexity index is 674. The van der Waals surface area contributed by atoms with Gasteiger partial charge in [-0.25, -0.2) is 4.39 Å². The molecule has 2 aromatic rings. The van der Waals surface area contributed by atoms with Crippen molar-refractivity contribution in [2.45, 2.75) is 25.9 Å². The molecule has 1 heterocycles. The number of nitrogens with two attached hydrogens (primary N) is 1. The lowest BCUT2D eigenvalue weighted by molar-refractivity contribution is 0.527. The van der Waals surface area contributed by atoms with Crippen molar-refractivity contribution < 1.29 is 4.39 Å². The SMILES string of the molecule is CCC(N)Cn1ccc(/C=C/c2ccc(F)cc2)cc1=O. The Morgan fingerprint density at radius 2 is 1.86 bits per heavy atom. The lowest BCUT2D eigenvalue weighted by atomic mass is 10.1. The van der Waals surface area contributed by atoms with Gasteiger partial charge in [-0.05, 0) is 35.7 Å². The van der Waals surface area contributed by atoms with Crippen LogP contribution in [-0.4, -0.2) is 10.6 Å². The van der Waals surface area contributed by atoms with E-state index >= 15 is 0 Å². The molecule has 0 saturated carbocycles. The fourth-order valence-corrected chi connectivity index (χ4v) is 1.93. The molecule has 3 nitrogen and oxygen atoms in total. The normalized spacial score (nSPS) is 12.7. The molecule has 0 amide bonds. The maximum absolute atomic E-state index is 12.8. The summed E-state index contributed by atoms with van der Waals surface area (Å²) in [6, 6.07) is 9.61. The zero-order chi connectivity index (χ0) is 15.2. The number of benzene rings is 1. The minimum atomic E-state index is -0.262. The summed E-state index contributed by atoms with van der Waals surface area (Å²) in [6.45, 7) is 2.52. The van der Waals surface area contributed by atoms with Gasteiger partial charge in [0, 0.05) is 24.8 Å². The molecule has 0 aliphatic carbocycles. The van der Waals surface area contributed by atoms with Crippen LogP contribution in [0.5, 0.6) is 0 Å². The predicted molar refractivity (Wildman–Crippen MR) is 84.3 cm³/mol. The second-order valence-corrected chi connectivity index (χ2v) is 5.00. The van der Waals surface area contributed by atoms with Gasteiger partial charge in [-0.2, -0.15) is 0 Å². The van der Waals surface area contributed by atoms with E-state index in [2.05, 4.69) is 0 Å². The van der Waals surface area contributed by atoms with Crippen molar-refractivity contribution in [2.24, 2.45) is 5.73 Å². The molecule has 0 radical (unpaired) electrons. The van der Waals surface area contributed by atoms with E-state index in [-0.39, 0.29) is 17.4 Å². The summed E-state index contributed by atoms with van der Waals surface area (Å²) in [5.41, 5.74) is 7.48. The molecule has 1 atom stereocenters. The fourth-order valence-electron chi connectivity index (χ4n) is 1.93. The van der Waals surface area contributed by atoms with Gasteiger partial charge in [0.1, 0.15) is 5.82 Å². The summed E-state index contributed by atoms with van der Waals surface area (Å²) in [7, 11) is 0. The highest BCUT2D eigenvalue weighted by atomic mass is 19.1. The van der Waals surface area contributed by atoms with Gasteiger partial charge in [0.15, 0.2) is 0 Å². The second kappa shape index (κ2) is 6.99. The van der Waals surface area contributed by atoms with Crippen molar-refractivity contribution in [1.82, 2.24) is 4.57 Å². The largest absolute Gasteiger partial charge is 0.326 e. The molecule has 0 aliphatic rings. The second-order valence-electron chi connectivity index (χ2n) is 5.00. The quantitative estimate of drug-likeness (QED) is 0.918. The van der Waals surface area contributed by atoms with Crippen LogP contribution in [0.1, 0.15) is 24.5 Å². The summed E-state index contributed by atoms with van der Waals surface area (Å²) in [5.74, 6) is -0.262.